The molecule has 1 aliphatic heterocycles. The molecule has 1 amide bonds. The van der Waals surface area contributed by atoms with Crippen LogP contribution >= 0.6 is 0 Å². The first-order chi connectivity index (χ1) is 15.6. The molecule has 170 valence electrons. The van der Waals surface area contributed by atoms with Crippen LogP contribution in [0, 0.1) is 5.92 Å². The van der Waals surface area contributed by atoms with Gasteiger partial charge in [0.2, 0.25) is 5.91 Å². The van der Waals surface area contributed by atoms with Crippen molar-refractivity contribution in [3.63, 3.8) is 0 Å². The van der Waals surface area contributed by atoms with Crippen LogP contribution in [0.2, 0.25) is 0 Å². The monoisotopic (exact) mass is 436 g/mol. The maximum Gasteiger partial charge on any atom is 0.337 e. The minimum Gasteiger partial charge on any atom is -0.465 e. The molecule has 1 aliphatic rings. The molecule has 0 radical (unpaired) electrons. The van der Waals surface area contributed by atoms with Crippen LogP contribution in [-0.2, 0) is 22.4 Å². The maximum absolute atomic E-state index is 12.4. The standard InChI is InChI=1S/C25H32N4O3/c1-26-25(27-14-12-20-8-10-22(11-9-20)24(31)32-2)28-17-21-16-23(30)29(18-21)15-13-19-6-4-3-5-7-19/h3-11,21H,12-18H2,1-2H3,(H2,26,27,28). The normalized spacial score (nSPS) is 16.2. The second-order valence-corrected chi connectivity index (χ2v) is 7.96. The smallest absolute Gasteiger partial charge is 0.337 e. The molecular formula is C25H32N4O3. The van der Waals surface area contributed by atoms with Crippen molar-refractivity contribution in [1.82, 2.24) is 15.5 Å². The van der Waals surface area contributed by atoms with Gasteiger partial charge < -0.3 is 20.3 Å². The number of methoxy groups -OCH3 is 1. The number of hydrogen-bond donors (Lipinski definition) is 2. The molecule has 0 bridgehead atoms. The summed E-state index contributed by atoms with van der Waals surface area (Å²) in [4.78, 5) is 30.1. The summed E-state index contributed by atoms with van der Waals surface area (Å²) >= 11 is 0. The molecule has 1 atom stereocenters. The van der Waals surface area contributed by atoms with Crippen molar-refractivity contribution < 1.29 is 14.3 Å². The van der Waals surface area contributed by atoms with E-state index in [-0.39, 0.29) is 17.8 Å². The average molecular weight is 437 g/mol. The summed E-state index contributed by atoms with van der Waals surface area (Å²) in [6, 6.07) is 17.7. The lowest BCUT2D eigenvalue weighted by Gasteiger charge is -2.18. The Morgan fingerprint density at radius 1 is 1.06 bits per heavy atom. The van der Waals surface area contributed by atoms with E-state index in [1.54, 1.807) is 19.2 Å². The third-order valence-corrected chi connectivity index (χ3v) is 5.67. The number of nitrogens with one attached hydrogen (secondary N) is 2. The fourth-order valence-corrected chi connectivity index (χ4v) is 3.83. The van der Waals surface area contributed by atoms with E-state index in [2.05, 4.69) is 27.8 Å². The number of ether oxygens (including phenoxy) is 1. The van der Waals surface area contributed by atoms with Gasteiger partial charge in [-0.15, -0.1) is 0 Å². The summed E-state index contributed by atoms with van der Waals surface area (Å²) in [5, 5.41) is 6.65. The molecule has 2 N–H and O–H groups in total. The molecule has 1 fully saturated rings. The molecule has 0 spiro atoms. The molecule has 0 saturated carbocycles. The molecule has 0 aliphatic carbocycles. The Hall–Kier alpha value is -3.35. The predicted molar refractivity (Wildman–Crippen MR) is 126 cm³/mol. The lowest BCUT2D eigenvalue weighted by molar-refractivity contribution is -0.127. The van der Waals surface area contributed by atoms with Crippen LogP contribution in [0.1, 0.15) is 27.9 Å². The number of rotatable bonds is 9. The third kappa shape index (κ3) is 6.83. The van der Waals surface area contributed by atoms with Crippen LogP contribution in [0.4, 0.5) is 0 Å². The second-order valence-electron chi connectivity index (χ2n) is 7.96. The summed E-state index contributed by atoms with van der Waals surface area (Å²) in [5.74, 6) is 0.906. The van der Waals surface area contributed by atoms with Crippen molar-refractivity contribution in [2.24, 2.45) is 10.9 Å². The molecule has 1 saturated heterocycles. The van der Waals surface area contributed by atoms with Gasteiger partial charge in [0.05, 0.1) is 12.7 Å². The fourth-order valence-electron chi connectivity index (χ4n) is 3.83. The van der Waals surface area contributed by atoms with Crippen LogP contribution in [-0.4, -0.2) is 63.1 Å². The Bertz CT molecular complexity index is 913. The first-order valence-corrected chi connectivity index (χ1v) is 11.0. The van der Waals surface area contributed by atoms with Crippen LogP contribution in [0.3, 0.4) is 0 Å². The van der Waals surface area contributed by atoms with E-state index in [0.29, 0.717) is 25.1 Å². The minimum atomic E-state index is -0.330. The number of nitrogens with zero attached hydrogens (tertiary/aromatic N) is 2. The van der Waals surface area contributed by atoms with Gasteiger partial charge in [-0.05, 0) is 36.1 Å². The predicted octanol–water partition coefficient (Wildman–Crippen LogP) is 2.27. The summed E-state index contributed by atoms with van der Waals surface area (Å²) in [6.45, 7) is 2.97. The van der Waals surface area contributed by atoms with Gasteiger partial charge >= 0.3 is 5.97 Å². The van der Waals surface area contributed by atoms with Crippen molar-refractivity contribution in [2.75, 3.05) is 40.3 Å². The maximum atomic E-state index is 12.4. The van der Waals surface area contributed by atoms with Gasteiger partial charge in [-0.1, -0.05) is 42.5 Å². The van der Waals surface area contributed by atoms with Crippen LogP contribution in [0.25, 0.3) is 0 Å². The zero-order valence-corrected chi connectivity index (χ0v) is 18.8. The van der Waals surface area contributed by atoms with E-state index in [1.165, 1.54) is 12.7 Å². The average Bonchev–Trinajstić information content (AvgIpc) is 3.19. The SMILES string of the molecule is CN=C(NCCc1ccc(C(=O)OC)cc1)NCC1CC(=O)N(CCc2ccccc2)C1. The molecule has 3 rings (SSSR count). The first kappa shape index (κ1) is 23.3. The number of likely N-dealkylation sites (tertiary alicyclic amines) is 1. The molecule has 2 aromatic carbocycles. The Balaban J connectivity index is 1.37. The Kier molecular flexibility index (Phi) is 8.66. The van der Waals surface area contributed by atoms with Gasteiger partial charge in [0.1, 0.15) is 0 Å². The Morgan fingerprint density at radius 2 is 1.78 bits per heavy atom. The van der Waals surface area contributed by atoms with Crippen LogP contribution < -0.4 is 10.6 Å². The highest BCUT2D eigenvalue weighted by Gasteiger charge is 2.29. The molecule has 7 heteroatoms. The van der Waals surface area contributed by atoms with Gasteiger partial charge in [-0.3, -0.25) is 9.79 Å². The minimum absolute atomic E-state index is 0.228. The highest BCUT2D eigenvalue weighted by atomic mass is 16.5. The number of guanidine groups is 1. The summed E-state index contributed by atoms with van der Waals surface area (Å²) < 4.78 is 4.72. The Morgan fingerprint density at radius 3 is 2.47 bits per heavy atom. The van der Waals surface area contributed by atoms with Crippen molar-refractivity contribution in [2.45, 2.75) is 19.3 Å². The van der Waals surface area contributed by atoms with Crippen LogP contribution in [0.5, 0.6) is 0 Å². The van der Waals surface area contributed by atoms with E-state index < -0.39 is 0 Å². The van der Waals surface area contributed by atoms with Crippen molar-refractivity contribution in [3.8, 4) is 0 Å². The molecule has 0 aromatic heterocycles. The molecule has 1 unspecified atom stereocenters. The Labute approximate surface area is 189 Å². The zero-order chi connectivity index (χ0) is 22.8. The van der Waals surface area contributed by atoms with E-state index >= 15 is 0 Å². The van der Waals surface area contributed by atoms with E-state index in [9.17, 15) is 9.59 Å². The highest BCUT2D eigenvalue weighted by molar-refractivity contribution is 5.89. The number of carbonyl (C=O) groups is 2. The first-order valence-electron chi connectivity index (χ1n) is 11.0. The quantitative estimate of drug-likeness (QED) is 0.358. The third-order valence-electron chi connectivity index (χ3n) is 5.67. The van der Waals surface area contributed by atoms with Crippen molar-refractivity contribution in [3.05, 3.63) is 71.3 Å². The van der Waals surface area contributed by atoms with Gasteiger partial charge in [0.25, 0.3) is 0 Å². The van der Waals surface area contributed by atoms with Gasteiger partial charge in [-0.2, -0.15) is 0 Å². The molecule has 32 heavy (non-hydrogen) atoms. The number of aliphatic imine (C=N–C) groups is 1. The highest BCUT2D eigenvalue weighted by Crippen LogP contribution is 2.17. The molecule has 2 aromatic rings. The number of carbonyl (C=O) groups excluding carboxylic acids is 2. The lowest BCUT2D eigenvalue weighted by atomic mass is 10.1. The van der Waals surface area contributed by atoms with Gasteiger partial charge in [-0.25, -0.2) is 4.79 Å². The number of esters is 1. The molecule has 1 heterocycles. The van der Waals surface area contributed by atoms with Gasteiger partial charge in [0, 0.05) is 45.6 Å². The number of amides is 1. The molecular weight excluding hydrogens is 404 g/mol. The van der Waals surface area contributed by atoms with Crippen LogP contribution in [0.15, 0.2) is 59.6 Å². The topological polar surface area (TPSA) is 83.0 Å². The zero-order valence-electron chi connectivity index (χ0n) is 18.8. The number of hydrogen-bond acceptors (Lipinski definition) is 4. The summed E-state index contributed by atoms with van der Waals surface area (Å²) in [6.07, 6.45) is 2.26. The largest absolute Gasteiger partial charge is 0.465 e. The lowest BCUT2D eigenvalue weighted by Crippen LogP contribution is -2.41. The fraction of sp³-hybridized carbons (Fsp3) is 0.400. The van der Waals surface area contributed by atoms with E-state index in [1.807, 2.05) is 35.2 Å². The van der Waals surface area contributed by atoms with E-state index in [4.69, 9.17) is 4.74 Å². The van der Waals surface area contributed by atoms with E-state index in [0.717, 1.165) is 37.5 Å². The number of benzene rings is 2. The van der Waals surface area contributed by atoms with Crippen molar-refractivity contribution in [1.29, 1.82) is 0 Å². The molecule has 7 nitrogen and oxygen atoms in total. The van der Waals surface area contributed by atoms with Crippen molar-refractivity contribution >= 4 is 17.8 Å². The summed E-state index contributed by atoms with van der Waals surface area (Å²) in [7, 11) is 3.12. The van der Waals surface area contributed by atoms with Gasteiger partial charge in [0.15, 0.2) is 5.96 Å². The second kappa shape index (κ2) is 11.9. The summed E-state index contributed by atoms with van der Waals surface area (Å²) in [5.41, 5.74) is 2.92.